The molecule has 0 amide bonds. The van der Waals surface area contributed by atoms with Gasteiger partial charge in [-0.3, -0.25) is 4.79 Å². The SMILES string of the molecule is COc1ccc(C2=NN=C3C(=Cc4ccccc43)C2=O)cc1. The van der Waals surface area contributed by atoms with Crippen molar-refractivity contribution in [1.82, 2.24) is 0 Å². The van der Waals surface area contributed by atoms with Crippen LogP contribution in [0.3, 0.4) is 0 Å². The first kappa shape index (κ1) is 12.7. The Hall–Kier alpha value is -3.01. The highest BCUT2D eigenvalue weighted by molar-refractivity contribution is 6.60. The number of carbonyl (C=O) groups is 1. The van der Waals surface area contributed by atoms with Gasteiger partial charge in [-0.2, -0.15) is 0 Å². The molecule has 0 saturated heterocycles. The summed E-state index contributed by atoms with van der Waals surface area (Å²) in [6.45, 7) is 0. The average Bonchev–Trinajstić information content (AvgIpc) is 2.95. The fraction of sp³-hybridized carbons (Fsp3) is 0.0556. The zero-order valence-electron chi connectivity index (χ0n) is 11.9. The zero-order valence-corrected chi connectivity index (χ0v) is 11.9. The van der Waals surface area contributed by atoms with Crippen LogP contribution in [0.15, 0.2) is 64.3 Å². The molecule has 2 aliphatic rings. The van der Waals surface area contributed by atoms with Gasteiger partial charge in [-0.25, -0.2) is 0 Å². The van der Waals surface area contributed by atoms with E-state index in [-0.39, 0.29) is 5.78 Å². The quantitative estimate of drug-likeness (QED) is 0.853. The highest BCUT2D eigenvalue weighted by atomic mass is 16.5. The lowest BCUT2D eigenvalue weighted by molar-refractivity contribution is -0.109. The van der Waals surface area contributed by atoms with Gasteiger partial charge >= 0.3 is 0 Å². The van der Waals surface area contributed by atoms with Crippen LogP contribution < -0.4 is 4.74 Å². The number of ketones is 1. The molecule has 0 unspecified atom stereocenters. The molecule has 0 atom stereocenters. The van der Waals surface area contributed by atoms with Crippen molar-refractivity contribution in [2.24, 2.45) is 10.2 Å². The number of nitrogens with zero attached hydrogens (tertiary/aromatic N) is 2. The molecule has 0 aromatic heterocycles. The van der Waals surface area contributed by atoms with E-state index in [2.05, 4.69) is 10.2 Å². The number of carbonyl (C=O) groups excluding carboxylic acids is 1. The monoisotopic (exact) mass is 288 g/mol. The summed E-state index contributed by atoms with van der Waals surface area (Å²) < 4.78 is 5.13. The summed E-state index contributed by atoms with van der Waals surface area (Å²) in [6.07, 6.45) is 1.88. The number of rotatable bonds is 2. The fourth-order valence-corrected chi connectivity index (χ4v) is 2.70. The number of ether oxygens (including phenoxy) is 1. The van der Waals surface area contributed by atoms with Crippen LogP contribution >= 0.6 is 0 Å². The predicted octanol–water partition coefficient (Wildman–Crippen LogP) is 2.87. The van der Waals surface area contributed by atoms with Gasteiger partial charge in [0.1, 0.15) is 17.2 Å². The summed E-state index contributed by atoms with van der Waals surface area (Å²) in [4.78, 5) is 12.7. The summed E-state index contributed by atoms with van der Waals surface area (Å²) in [6, 6.07) is 15.1. The summed E-state index contributed by atoms with van der Waals surface area (Å²) >= 11 is 0. The Kier molecular flexibility index (Phi) is 2.76. The number of allylic oxidation sites excluding steroid dienone is 1. The third kappa shape index (κ3) is 1.81. The van der Waals surface area contributed by atoms with Crippen LogP contribution in [0.2, 0.25) is 0 Å². The van der Waals surface area contributed by atoms with E-state index in [1.54, 1.807) is 7.11 Å². The Morgan fingerprint density at radius 3 is 2.41 bits per heavy atom. The van der Waals surface area contributed by atoms with Crippen LogP contribution in [0.25, 0.3) is 6.08 Å². The second-order valence-corrected chi connectivity index (χ2v) is 5.10. The van der Waals surface area contributed by atoms with Gasteiger partial charge in [-0.1, -0.05) is 24.3 Å². The molecule has 4 nitrogen and oxygen atoms in total. The summed E-state index contributed by atoms with van der Waals surface area (Å²) in [5, 5.41) is 8.42. The minimum atomic E-state index is -0.0913. The Labute approximate surface area is 127 Å². The zero-order chi connectivity index (χ0) is 15.1. The van der Waals surface area contributed by atoms with E-state index in [9.17, 15) is 4.79 Å². The van der Waals surface area contributed by atoms with E-state index in [0.29, 0.717) is 17.0 Å². The van der Waals surface area contributed by atoms with E-state index < -0.39 is 0 Å². The van der Waals surface area contributed by atoms with E-state index >= 15 is 0 Å². The van der Waals surface area contributed by atoms with Gasteiger partial charge in [0.15, 0.2) is 0 Å². The molecule has 0 fully saturated rings. The molecule has 0 spiro atoms. The standard InChI is InChI=1S/C18H12N2O2/c1-22-13-8-6-11(7-9-13)16-18(21)15-10-12-4-2-3-5-14(12)17(15)20-19-16/h2-10H,1H3. The number of hydrogen-bond acceptors (Lipinski definition) is 4. The highest BCUT2D eigenvalue weighted by Gasteiger charge is 2.31. The van der Waals surface area contributed by atoms with Crippen molar-refractivity contribution in [2.45, 2.75) is 0 Å². The predicted molar refractivity (Wildman–Crippen MR) is 85.5 cm³/mol. The number of hydrogen-bond donors (Lipinski definition) is 0. The lowest BCUT2D eigenvalue weighted by atomic mass is 9.97. The van der Waals surface area contributed by atoms with Crippen molar-refractivity contribution in [3.8, 4) is 5.75 Å². The molecule has 22 heavy (non-hydrogen) atoms. The molecule has 0 radical (unpaired) electrons. The third-order valence-corrected chi connectivity index (χ3v) is 3.84. The maximum atomic E-state index is 12.7. The average molecular weight is 288 g/mol. The molecule has 4 rings (SSSR count). The Bertz CT molecular complexity index is 874. The van der Waals surface area contributed by atoms with Crippen molar-refractivity contribution in [3.05, 3.63) is 70.8 Å². The van der Waals surface area contributed by atoms with E-state index in [4.69, 9.17) is 4.74 Å². The van der Waals surface area contributed by atoms with Gasteiger partial charge in [0.05, 0.1) is 12.7 Å². The van der Waals surface area contributed by atoms with Gasteiger partial charge in [0.25, 0.3) is 0 Å². The lowest BCUT2D eigenvalue weighted by Gasteiger charge is -2.12. The normalized spacial score (nSPS) is 15.5. The topological polar surface area (TPSA) is 51.0 Å². The molecule has 106 valence electrons. The molecular weight excluding hydrogens is 276 g/mol. The lowest BCUT2D eigenvalue weighted by Crippen LogP contribution is -2.24. The second kappa shape index (κ2) is 4.77. The van der Waals surface area contributed by atoms with Gasteiger partial charge in [0.2, 0.25) is 5.78 Å². The van der Waals surface area contributed by atoms with Crippen molar-refractivity contribution in [1.29, 1.82) is 0 Å². The molecule has 1 heterocycles. The van der Waals surface area contributed by atoms with Crippen LogP contribution in [-0.2, 0) is 4.79 Å². The molecule has 0 bridgehead atoms. The van der Waals surface area contributed by atoms with Crippen molar-refractivity contribution in [2.75, 3.05) is 7.11 Å². The maximum absolute atomic E-state index is 12.7. The van der Waals surface area contributed by atoms with Crippen LogP contribution in [0, 0.1) is 0 Å². The van der Waals surface area contributed by atoms with Crippen LogP contribution in [0.4, 0.5) is 0 Å². The first-order valence-corrected chi connectivity index (χ1v) is 6.94. The number of fused-ring (bicyclic) bond motifs is 3. The first-order chi connectivity index (χ1) is 10.8. The minimum Gasteiger partial charge on any atom is -0.497 e. The van der Waals surface area contributed by atoms with Gasteiger partial charge in [-0.05, 0) is 35.9 Å². The number of Topliss-reactive ketones (excluding diaryl/α,β-unsaturated/α-hetero) is 1. The molecular formula is C18H12N2O2. The largest absolute Gasteiger partial charge is 0.497 e. The van der Waals surface area contributed by atoms with E-state index in [1.165, 1.54) is 0 Å². The molecule has 2 aromatic rings. The summed E-state index contributed by atoms with van der Waals surface area (Å²) in [5.41, 5.74) is 4.36. The minimum absolute atomic E-state index is 0.0913. The van der Waals surface area contributed by atoms with E-state index in [0.717, 1.165) is 22.4 Å². The molecule has 0 N–H and O–H groups in total. The van der Waals surface area contributed by atoms with Crippen LogP contribution in [0.5, 0.6) is 5.75 Å². The Morgan fingerprint density at radius 1 is 0.909 bits per heavy atom. The number of benzene rings is 2. The first-order valence-electron chi connectivity index (χ1n) is 6.94. The smallest absolute Gasteiger partial charge is 0.216 e. The third-order valence-electron chi connectivity index (χ3n) is 3.84. The second-order valence-electron chi connectivity index (χ2n) is 5.10. The van der Waals surface area contributed by atoms with E-state index in [1.807, 2.05) is 54.6 Å². The van der Waals surface area contributed by atoms with Crippen LogP contribution in [-0.4, -0.2) is 24.3 Å². The van der Waals surface area contributed by atoms with Gasteiger partial charge in [0, 0.05) is 11.1 Å². The highest BCUT2D eigenvalue weighted by Crippen LogP contribution is 2.29. The Balaban J connectivity index is 1.78. The summed E-state index contributed by atoms with van der Waals surface area (Å²) in [5.74, 6) is 0.649. The number of methoxy groups -OCH3 is 1. The molecule has 1 aliphatic heterocycles. The molecule has 2 aromatic carbocycles. The van der Waals surface area contributed by atoms with Gasteiger partial charge in [-0.15, -0.1) is 10.2 Å². The maximum Gasteiger partial charge on any atom is 0.216 e. The Morgan fingerprint density at radius 2 is 1.64 bits per heavy atom. The van der Waals surface area contributed by atoms with Crippen molar-refractivity contribution >= 4 is 23.3 Å². The molecule has 1 aliphatic carbocycles. The summed E-state index contributed by atoms with van der Waals surface area (Å²) in [7, 11) is 1.61. The molecule has 4 heteroatoms. The fourth-order valence-electron chi connectivity index (χ4n) is 2.70. The molecule has 0 saturated carbocycles. The van der Waals surface area contributed by atoms with Gasteiger partial charge < -0.3 is 4.74 Å². The van der Waals surface area contributed by atoms with Crippen molar-refractivity contribution < 1.29 is 9.53 Å². The van der Waals surface area contributed by atoms with Crippen LogP contribution in [0.1, 0.15) is 16.7 Å². The van der Waals surface area contributed by atoms with Crippen molar-refractivity contribution in [3.63, 3.8) is 0 Å².